The molecule has 18 heavy (non-hydrogen) atoms. The van der Waals surface area contributed by atoms with Crippen LogP contribution in [-0.2, 0) is 9.59 Å². The Labute approximate surface area is 115 Å². The van der Waals surface area contributed by atoms with E-state index in [1.54, 1.807) is 25.1 Å². The fraction of sp³-hybridized carbons (Fsp3) is 0.333. The molecule has 0 radical (unpaired) electrons. The maximum Gasteiger partial charge on any atom is 0.252 e. The van der Waals surface area contributed by atoms with Gasteiger partial charge in [-0.1, -0.05) is 23.2 Å². The van der Waals surface area contributed by atoms with Crippen molar-refractivity contribution >= 4 is 40.7 Å². The van der Waals surface area contributed by atoms with Gasteiger partial charge in [-0.3, -0.25) is 14.5 Å². The Morgan fingerprint density at radius 2 is 1.89 bits per heavy atom. The monoisotopic (exact) mass is 286 g/mol. The second-order valence-corrected chi connectivity index (χ2v) is 4.91. The number of rotatable bonds is 3. The van der Waals surface area contributed by atoms with E-state index in [1.165, 1.54) is 4.90 Å². The molecule has 0 aromatic heterocycles. The average molecular weight is 287 g/mol. The fourth-order valence-corrected chi connectivity index (χ4v) is 2.49. The largest absolute Gasteiger partial charge is 0.373 e. The second kappa shape index (κ2) is 5.16. The summed E-state index contributed by atoms with van der Waals surface area (Å²) >= 11 is 11.7. The van der Waals surface area contributed by atoms with Gasteiger partial charge in [0.25, 0.3) is 5.91 Å². The number of imide groups is 1. The number of nitrogens with one attached hydrogen (secondary N) is 1. The van der Waals surface area contributed by atoms with Crippen molar-refractivity contribution in [2.45, 2.75) is 19.4 Å². The number of likely N-dealkylation sites (tertiary alicyclic amines) is 1. The highest BCUT2D eigenvalue weighted by atomic mass is 35.5. The van der Waals surface area contributed by atoms with Crippen LogP contribution in [0.4, 0.5) is 5.69 Å². The number of benzene rings is 1. The first kappa shape index (κ1) is 13.2. The summed E-state index contributed by atoms with van der Waals surface area (Å²) in [4.78, 5) is 24.7. The average Bonchev–Trinajstić information content (AvgIpc) is 2.52. The number of carbonyl (C=O) groups is 2. The minimum absolute atomic E-state index is 0.159. The zero-order valence-corrected chi connectivity index (χ0v) is 11.3. The number of hydrogen-bond donors (Lipinski definition) is 1. The molecule has 6 heteroatoms. The molecule has 1 aromatic carbocycles. The van der Waals surface area contributed by atoms with Crippen LogP contribution in [0.1, 0.15) is 13.3 Å². The molecular weight excluding hydrogens is 275 g/mol. The Hall–Kier alpha value is -1.26. The Morgan fingerprint density at radius 3 is 2.39 bits per heavy atom. The zero-order chi connectivity index (χ0) is 13.3. The Balaban J connectivity index is 2.15. The topological polar surface area (TPSA) is 49.4 Å². The smallest absolute Gasteiger partial charge is 0.252 e. The van der Waals surface area contributed by atoms with Crippen molar-refractivity contribution in [2.75, 3.05) is 11.9 Å². The second-order valence-electron chi connectivity index (χ2n) is 4.04. The molecule has 0 bridgehead atoms. The van der Waals surface area contributed by atoms with Crippen molar-refractivity contribution in [2.24, 2.45) is 0 Å². The first-order valence-electron chi connectivity index (χ1n) is 5.58. The highest BCUT2D eigenvalue weighted by molar-refractivity contribution is 6.35. The van der Waals surface area contributed by atoms with Crippen LogP contribution in [0.15, 0.2) is 18.2 Å². The van der Waals surface area contributed by atoms with E-state index in [9.17, 15) is 9.59 Å². The lowest BCUT2D eigenvalue weighted by Crippen LogP contribution is -2.34. The highest BCUT2D eigenvalue weighted by Crippen LogP contribution is 2.25. The van der Waals surface area contributed by atoms with Crippen molar-refractivity contribution in [1.29, 1.82) is 0 Å². The lowest BCUT2D eigenvalue weighted by Gasteiger charge is -2.14. The summed E-state index contributed by atoms with van der Waals surface area (Å²) in [6.07, 6.45) is 0.163. The minimum atomic E-state index is -0.535. The van der Waals surface area contributed by atoms with Gasteiger partial charge in [0.2, 0.25) is 5.91 Å². The fourth-order valence-electron chi connectivity index (χ4n) is 1.97. The van der Waals surface area contributed by atoms with Crippen LogP contribution in [0, 0.1) is 0 Å². The van der Waals surface area contributed by atoms with E-state index in [1.807, 2.05) is 0 Å². The Morgan fingerprint density at radius 1 is 1.28 bits per heavy atom. The standard InChI is InChI=1S/C12H12Cl2N2O2/c1-2-16-11(17)6-10(12(16)18)15-9-4-7(13)3-8(14)5-9/h3-5,10,15H,2,6H2,1H3. The summed E-state index contributed by atoms with van der Waals surface area (Å²) in [5.74, 6) is -0.369. The molecule has 1 aliphatic heterocycles. The van der Waals surface area contributed by atoms with Crippen molar-refractivity contribution in [3.8, 4) is 0 Å². The van der Waals surface area contributed by atoms with Gasteiger partial charge in [0.15, 0.2) is 0 Å². The van der Waals surface area contributed by atoms with E-state index < -0.39 is 6.04 Å². The molecular formula is C12H12Cl2N2O2. The number of likely N-dealkylation sites (N-methyl/N-ethyl adjacent to an activating group) is 1. The van der Waals surface area contributed by atoms with Crippen LogP contribution >= 0.6 is 23.2 Å². The molecule has 1 heterocycles. The Bertz CT molecular complexity index is 485. The van der Waals surface area contributed by atoms with E-state index in [2.05, 4.69) is 5.32 Å². The lowest BCUT2D eigenvalue weighted by atomic mass is 10.2. The molecule has 1 fully saturated rings. The van der Waals surface area contributed by atoms with E-state index in [4.69, 9.17) is 23.2 Å². The van der Waals surface area contributed by atoms with Crippen molar-refractivity contribution in [1.82, 2.24) is 4.90 Å². The predicted octanol–water partition coefficient (Wildman–Crippen LogP) is 2.55. The summed E-state index contributed by atoms with van der Waals surface area (Å²) < 4.78 is 0. The van der Waals surface area contributed by atoms with Crippen LogP contribution in [-0.4, -0.2) is 29.3 Å². The number of halogens is 2. The van der Waals surface area contributed by atoms with Crippen LogP contribution < -0.4 is 5.32 Å². The first-order chi connectivity index (χ1) is 8.51. The van der Waals surface area contributed by atoms with Gasteiger partial charge < -0.3 is 5.32 Å². The van der Waals surface area contributed by atoms with E-state index in [0.29, 0.717) is 22.3 Å². The van der Waals surface area contributed by atoms with Gasteiger partial charge >= 0.3 is 0 Å². The molecule has 0 saturated carbocycles. The highest BCUT2D eigenvalue weighted by Gasteiger charge is 2.37. The van der Waals surface area contributed by atoms with Crippen LogP contribution in [0.25, 0.3) is 0 Å². The SMILES string of the molecule is CCN1C(=O)CC(Nc2cc(Cl)cc(Cl)c2)C1=O. The summed E-state index contributed by atoms with van der Waals surface area (Å²) in [6.45, 7) is 2.17. The third-order valence-electron chi connectivity index (χ3n) is 2.76. The number of hydrogen-bond acceptors (Lipinski definition) is 3. The van der Waals surface area contributed by atoms with Crippen molar-refractivity contribution in [3.05, 3.63) is 28.2 Å². The molecule has 4 nitrogen and oxygen atoms in total. The number of anilines is 1. The molecule has 1 aromatic rings. The third kappa shape index (κ3) is 2.60. The molecule has 1 atom stereocenters. The van der Waals surface area contributed by atoms with E-state index >= 15 is 0 Å². The zero-order valence-electron chi connectivity index (χ0n) is 9.74. The number of nitrogens with zero attached hydrogens (tertiary/aromatic N) is 1. The minimum Gasteiger partial charge on any atom is -0.373 e. The predicted molar refractivity (Wildman–Crippen MR) is 70.9 cm³/mol. The van der Waals surface area contributed by atoms with Gasteiger partial charge in [0.1, 0.15) is 6.04 Å². The first-order valence-corrected chi connectivity index (χ1v) is 6.33. The quantitative estimate of drug-likeness (QED) is 0.869. The van der Waals surface area contributed by atoms with Crippen molar-refractivity contribution in [3.63, 3.8) is 0 Å². The van der Waals surface area contributed by atoms with Gasteiger partial charge in [-0.25, -0.2) is 0 Å². The Kier molecular flexibility index (Phi) is 3.78. The molecule has 0 spiro atoms. The third-order valence-corrected chi connectivity index (χ3v) is 3.20. The van der Waals surface area contributed by atoms with Crippen LogP contribution in [0.3, 0.4) is 0 Å². The maximum absolute atomic E-state index is 11.9. The van der Waals surface area contributed by atoms with Crippen LogP contribution in [0.2, 0.25) is 10.0 Å². The molecule has 96 valence electrons. The number of carbonyl (C=O) groups excluding carboxylic acids is 2. The van der Waals surface area contributed by atoms with Crippen LogP contribution in [0.5, 0.6) is 0 Å². The lowest BCUT2D eigenvalue weighted by molar-refractivity contribution is -0.138. The molecule has 1 unspecified atom stereocenters. The molecule has 1 aliphatic rings. The molecule has 1 N–H and O–H groups in total. The maximum atomic E-state index is 11.9. The number of amides is 2. The van der Waals surface area contributed by atoms with Gasteiger partial charge in [0.05, 0.1) is 6.42 Å². The van der Waals surface area contributed by atoms with Gasteiger partial charge in [-0.05, 0) is 25.1 Å². The van der Waals surface area contributed by atoms with Gasteiger partial charge in [-0.15, -0.1) is 0 Å². The van der Waals surface area contributed by atoms with Gasteiger partial charge in [0, 0.05) is 22.3 Å². The van der Waals surface area contributed by atoms with Gasteiger partial charge in [-0.2, -0.15) is 0 Å². The molecule has 2 amide bonds. The molecule has 1 saturated heterocycles. The summed E-state index contributed by atoms with van der Waals surface area (Å²) in [7, 11) is 0. The van der Waals surface area contributed by atoms with E-state index in [-0.39, 0.29) is 18.2 Å². The molecule has 2 rings (SSSR count). The summed E-state index contributed by atoms with van der Waals surface area (Å²) in [6, 6.07) is 4.40. The normalized spacial score (nSPS) is 19.5. The van der Waals surface area contributed by atoms with Crippen molar-refractivity contribution < 1.29 is 9.59 Å². The van der Waals surface area contributed by atoms with E-state index in [0.717, 1.165) is 0 Å². The summed E-state index contributed by atoms with van der Waals surface area (Å²) in [5.41, 5.74) is 0.636. The summed E-state index contributed by atoms with van der Waals surface area (Å²) in [5, 5.41) is 3.95. The molecule has 0 aliphatic carbocycles.